The van der Waals surface area contributed by atoms with Gasteiger partial charge in [-0.05, 0) is 48.6 Å². The lowest BCUT2D eigenvalue weighted by Crippen LogP contribution is -2.49. The molecule has 0 amide bonds. The minimum atomic E-state index is -0.275. The maximum Gasteiger partial charge on any atom is 0.173 e. The van der Waals surface area contributed by atoms with E-state index in [0.29, 0.717) is 31.4 Å². The molecule has 7 heteroatoms. The number of hydrogen-bond donors (Lipinski definition) is 1. The van der Waals surface area contributed by atoms with Crippen LogP contribution in [0.3, 0.4) is 0 Å². The lowest BCUT2D eigenvalue weighted by atomic mass is 10.3. The highest BCUT2D eigenvalue weighted by Crippen LogP contribution is 2.20. The van der Waals surface area contributed by atoms with Gasteiger partial charge < -0.3 is 24.4 Å². The molecule has 2 aromatic carbocycles. The van der Waals surface area contributed by atoms with Crippen molar-refractivity contribution >= 4 is 23.0 Å². The van der Waals surface area contributed by atoms with Gasteiger partial charge in [0.2, 0.25) is 0 Å². The first kappa shape index (κ1) is 18.4. The van der Waals surface area contributed by atoms with Crippen molar-refractivity contribution in [3.8, 4) is 11.5 Å². The molecule has 0 aliphatic carbocycles. The molecule has 0 bridgehead atoms. The minimum Gasteiger partial charge on any atom is -0.497 e. The van der Waals surface area contributed by atoms with Crippen LogP contribution in [-0.4, -0.2) is 49.5 Å². The molecule has 26 heavy (non-hydrogen) atoms. The zero-order valence-electron chi connectivity index (χ0n) is 14.5. The first-order valence-corrected chi connectivity index (χ1v) is 8.75. The minimum absolute atomic E-state index is 0.0945. The summed E-state index contributed by atoms with van der Waals surface area (Å²) in [7, 11) is 1.62. The molecule has 1 N–H and O–H groups in total. The number of thiocarbonyl (C=S) groups is 1. The molecule has 0 saturated carbocycles. The number of ether oxygens (including phenoxy) is 3. The molecule has 1 fully saturated rings. The van der Waals surface area contributed by atoms with E-state index in [1.165, 1.54) is 12.1 Å². The van der Waals surface area contributed by atoms with Crippen molar-refractivity contribution in [1.29, 1.82) is 0 Å². The molecular formula is C19H21FN2O3S. The van der Waals surface area contributed by atoms with Crippen LogP contribution in [0.25, 0.3) is 0 Å². The van der Waals surface area contributed by atoms with Crippen LogP contribution in [-0.2, 0) is 4.74 Å². The van der Waals surface area contributed by atoms with E-state index in [-0.39, 0.29) is 11.9 Å². The number of nitrogens with zero attached hydrogens (tertiary/aromatic N) is 1. The summed E-state index contributed by atoms with van der Waals surface area (Å²) in [6.07, 6.45) is -0.0945. The van der Waals surface area contributed by atoms with Gasteiger partial charge in [0.15, 0.2) is 5.11 Å². The van der Waals surface area contributed by atoms with Gasteiger partial charge in [0.25, 0.3) is 0 Å². The molecule has 0 spiro atoms. The monoisotopic (exact) mass is 376 g/mol. The zero-order chi connectivity index (χ0) is 18.4. The highest BCUT2D eigenvalue weighted by molar-refractivity contribution is 7.80. The molecule has 138 valence electrons. The summed E-state index contributed by atoms with van der Waals surface area (Å²) in [5, 5.41) is 3.72. The van der Waals surface area contributed by atoms with E-state index in [1.54, 1.807) is 19.2 Å². The normalized spacial score (nSPS) is 16.8. The molecule has 0 aromatic heterocycles. The van der Waals surface area contributed by atoms with Crippen LogP contribution in [0, 0.1) is 5.82 Å². The summed E-state index contributed by atoms with van der Waals surface area (Å²) in [6.45, 7) is 2.31. The van der Waals surface area contributed by atoms with Crippen LogP contribution in [0.5, 0.6) is 11.5 Å². The second-order valence-corrected chi connectivity index (χ2v) is 6.25. The van der Waals surface area contributed by atoms with Crippen molar-refractivity contribution in [2.45, 2.75) is 6.10 Å². The van der Waals surface area contributed by atoms with Gasteiger partial charge in [-0.15, -0.1) is 0 Å². The second kappa shape index (κ2) is 8.82. The lowest BCUT2D eigenvalue weighted by molar-refractivity contribution is -0.0280. The Morgan fingerprint density at radius 2 is 2.04 bits per heavy atom. The standard InChI is InChI=1S/C19H21FN2O3S/c1-23-16-3-2-4-17(11-16)25-13-18-12-22(9-10-24-18)19(26)21-15-7-5-14(20)6-8-15/h2-8,11,18H,9-10,12-13H2,1H3,(H,21,26)/t18-/m1/s1. The average molecular weight is 376 g/mol. The van der Waals surface area contributed by atoms with Crippen LogP contribution in [0.15, 0.2) is 48.5 Å². The van der Waals surface area contributed by atoms with Gasteiger partial charge in [-0.3, -0.25) is 0 Å². The molecule has 0 radical (unpaired) electrons. The van der Waals surface area contributed by atoms with Crippen LogP contribution in [0.4, 0.5) is 10.1 Å². The molecule has 1 aliphatic heterocycles. The SMILES string of the molecule is COc1cccc(OC[C@H]2CN(C(=S)Nc3ccc(F)cc3)CCO2)c1. The smallest absolute Gasteiger partial charge is 0.173 e. The Labute approximate surface area is 157 Å². The van der Waals surface area contributed by atoms with E-state index in [2.05, 4.69) is 5.32 Å². The summed E-state index contributed by atoms with van der Waals surface area (Å²) in [4.78, 5) is 2.03. The maximum atomic E-state index is 13.0. The van der Waals surface area contributed by atoms with Crippen LogP contribution in [0.2, 0.25) is 0 Å². The summed E-state index contributed by atoms with van der Waals surface area (Å²) >= 11 is 5.46. The number of rotatable bonds is 5. The summed E-state index contributed by atoms with van der Waals surface area (Å²) in [5.74, 6) is 1.21. The number of methoxy groups -OCH3 is 1. The predicted molar refractivity (Wildman–Crippen MR) is 102 cm³/mol. The number of halogens is 1. The van der Waals surface area contributed by atoms with Gasteiger partial charge in [-0.1, -0.05) is 6.07 Å². The third kappa shape index (κ3) is 5.06. The molecule has 3 rings (SSSR count). The molecular weight excluding hydrogens is 355 g/mol. The van der Waals surface area contributed by atoms with Crippen molar-refractivity contribution in [3.63, 3.8) is 0 Å². The van der Waals surface area contributed by atoms with E-state index in [4.69, 9.17) is 26.4 Å². The van der Waals surface area contributed by atoms with Gasteiger partial charge >= 0.3 is 0 Å². The Morgan fingerprint density at radius 1 is 1.27 bits per heavy atom. The lowest BCUT2D eigenvalue weighted by Gasteiger charge is -2.34. The van der Waals surface area contributed by atoms with E-state index in [1.807, 2.05) is 29.2 Å². The van der Waals surface area contributed by atoms with E-state index < -0.39 is 0 Å². The number of morpholine rings is 1. The maximum absolute atomic E-state index is 13.0. The molecule has 1 aliphatic rings. The predicted octanol–water partition coefficient (Wildman–Crippen LogP) is 3.31. The third-order valence-electron chi connectivity index (χ3n) is 4.00. The zero-order valence-corrected chi connectivity index (χ0v) is 15.3. The van der Waals surface area contributed by atoms with E-state index in [0.717, 1.165) is 17.2 Å². The third-order valence-corrected chi connectivity index (χ3v) is 4.36. The molecule has 2 aromatic rings. The van der Waals surface area contributed by atoms with Gasteiger partial charge in [0.05, 0.1) is 13.7 Å². The van der Waals surface area contributed by atoms with Gasteiger partial charge in [-0.25, -0.2) is 4.39 Å². The van der Waals surface area contributed by atoms with Crippen molar-refractivity contribution < 1.29 is 18.6 Å². The van der Waals surface area contributed by atoms with Gasteiger partial charge in [0.1, 0.15) is 30.0 Å². The van der Waals surface area contributed by atoms with Crippen molar-refractivity contribution in [1.82, 2.24) is 4.90 Å². The fourth-order valence-corrected chi connectivity index (χ4v) is 2.90. The molecule has 5 nitrogen and oxygen atoms in total. The fourth-order valence-electron chi connectivity index (χ4n) is 2.62. The highest BCUT2D eigenvalue weighted by atomic mass is 32.1. The largest absolute Gasteiger partial charge is 0.497 e. The quantitative estimate of drug-likeness (QED) is 0.808. The van der Waals surface area contributed by atoms with Crippen molar-refractivity contribution in [2.75, 3.05) is 38.7 Å². The number of anilines is 1. The molecule has 1 atom stereocenters. The summed E-state index contributed by atoms with van der Waals surface area (Å²) < 4.78 is 29.8. The molecule has 1 heterocycles. The van der Waals surface area contributed by atoms with Crippen molar-refractivity contribution in [3.05, 3.63) is 54.3 Å². The highest BCUT2D eigenvalue weighted by Gasteiger charge is 2.23. The Hall–Kier alpha value is -2.38. The Kier molecular flexibility index (Phi) is 6.25. The topological polar surface area (TPSA) is 43.0 Å². The van der Waals surface area contributed by atoms with Gasteiger partial charge in [-0.2, -0.15) is 0 Å². The Morgan fingerprint density at radius 3 is 2.81 bits per heavy atom. The van der Waals surface area contributed by atoms with Crippen LogP contribution in [0.1, 0.15) is 0 Å². The molecule has 0 unspecified atom stereocenters. The Balaban J connectivity index is 1.51. The number of hydrogen-bond acceptors (Lipinski definition) is 4. The number of benzene rings is 2. The summed E-state index contributed by atoms with van der Waals surface area (Å²) in [5.41, 5.74) is 0.757. The summed E-state index contributed by atoms with van der Waals surface area (Å²) in [6, 6.07) is 13.6. The van der Waals surface area contributed by atoms with Crippen molar-refractivity contribution in [2.24, 2.45) is 0 Å². The molecule has 1 saturated heterocycles. The number of nitrogens with one attached hydrogen (secondary N) is 1. The van der Waals surface area contributed by atoms with Gasteiger partial charge in [0, 0.05) is 24.8 Å². The second-order valence-electron chi connectivity index (χ2n) is 5.87. The van der Waals surface area contributed by atoms with E-state index >= 15 is 0 Å². The van der Waals surface area contributed by atoms with Crippen LogP contribution >= 0.6 is 12.2 Å². The average Bonchev–Trinajstić information content (AvgIpc) is 2.68. The first-order chi connectivity index (χ1) is 12.6. The van der Waals surface area contributed by atoms with Crippen LogP contribution < -0.4 is 14.8 Å². The first-order valence-electron chi connectivity index (χ1n) is 8.34. The Bertz CT molecular complexity index is 742. The van der Waals surface area contributed by atoms with E-state index in [9.17, 15) is 4.39 Å². The fraction of sp³-hybridized carbons (Fsp3) is 0.316.